The van der Waals surface area contributed by atoms with Crippen molar-refractivity contribution >= 4 is 17.9 Å². The van der Waals surface area contributed by atoms with Crippen molar-refractivity contribution in [2.75, 3.05) is 6.54 Å². The smallest absolute Gasteiger partial charge is 0.362 e. The van der Waals surface area contributed by atoms with E-state index >= 15 is 0 Å². The van der Waals surface area contributed by atoms with E-state index in [0.717, 1.165) is 19.3 Å². The van der Waals surface area contributed by atoms with E-state index in [1.807, 2.05) is 6.08 Å². The molecule has 0 bridgehead atoms. The first-order chi connectivity index (χ1) is 18.6. The number of aliphatic carboxylic acids is 3. The van der Waals surface area contributed by atoms with Crippen LogP contribution in [-0.4, -0.2) is 62.4 Å². The number of nitrogens with zero attached hydrogens (tertiary/aromatic N) is 1. The molecule has 0 amide bonds. The Balaban J connectivity index is 4.09. The summed E-state index contributed by atoms with van der Waals surface area (Å²) >= 11 is 0. The SMILES string of the molecule is CCCCCCCCCCCCCCCCCCCC/C=C/C[N+](C(C)C(=O)O)(C(C)C(=O)O)C(C)C(=O)O. The molecule has 0 fully saturated rings. The molecule has 0 spiro atoms. The molecule has 7 heteroatoms. The largest absolute Gasteiger partial charge is 0.477 e. The predicted octanol–water partition coefficient (Wildman–Crippen LogP) is 8.21. The fourth-order valence-corrected chi connectivity index (χ4v) is 5.64. The Morgan fingerprint density at radius 1 is 0.513 bits per heavy atom. The third kappa shape index (κ3) is 15.5. The zero-order valence-corrected chi connectivity index (χ0v) is 25.5. The van der Waals surface area contributed by atoms with Crippen LogP contribution < -0.4 is 0 Å². The van der Waals surface area contributed by atoms with Crippen LogP contribution in [0.2, 0.25) is 0 Å². The molecule has 3 unspecified atom stereocenters. The van der Waals surface area contributed by atoms with Gasteiger partial charge in [-0.1, -0.05) is 122 Å². The second-order valence-electron chi connectivity index (χ2n) is 11.5. The van der Waals surface area contributed by atoms with Crippen LogP contribution >= 0.6 is 0 Å². The van der Waals surface area contributed by atoms with E-state index in [1.54, 1.807) is 6.08 Å². The molecule has 0 heterocycles. The molecule has 0 aliphatic rings. The van der Waals surface area contributed by atoms with Crippen molar-refractivity contribution in [1.29, 1.82) is 0 Å². The van der Waals surface area contributed by atoms with Crippen LogP contribution in [0.3, 0.4) is 0 Å². The average molecular weight is 555 g/mol. The van der Waals surface area contributed by atoms with Gasteiger partial charge in [-0.3, -0.25) is 4.48 Å². The molecule has 0 radical (unpaired) electrons. The van der Waals surface area contributed by atoms with Gasteiger partial charge < -0.3 is 15.3 Å². The van der Waals surface area contributed by atoms with Crippen LogP contribution in [-0.2, 0) is 14.4 Å². The Bertz CT molecular complexity index is 642. The molecule has 0 aliphatic carbocycles. The first-order valence-electron chi connectivity index (χ1n) is 15.8. The molecule has 0 saturated carbocycles. The van der Waals surface area contributed by atoms with Crippen molar-refractivity contribution in [2.45, 2.75) is 168 Å². The highest BCUT2D eigenvalue weighted by atomic mass is 16.4. The van der Waals surface area contributed by atoms with Crippen molar-refractivity contribution in [3.63, 3.8) is 0 Å². The standard InChI is InChI=1S/C32H59NO6/c1-5-6-7-8-9-10-11-12-13-14-15-16-17-18-19-20-21-22-23-24-25-26-33(27(2)30(34)35,28(3)31(36)37)29(4)32(38)39/h24-25,27-29H,5-23,26H2,1-4H3,(H2-,34,35,36,37,38,39)/p+1/b25-24+. The number of carboxylic acids is 3. The van der Waals surface area contributed by atoms with Crippen molar-refractivity contribution in [3.8, 4) is 0 Å². The van der Waals surface area contributed by atoms with Crippen LogP contribution in [0.5, 0.6) is 0 Å². The molecule has 3 atom stereocenters. The second kappa shape index (κ2) is 22.9. The molecule has 39 heavy (non-hydrogen) atoms. The molecule has 3 N–H and O–H groups in total. The number of allylic oxidation sites excluding steroid dienone is 1. The predicted molar refractivity (Wildman–Crippen MR) is 159 cm³/mol. The van der Waals surface area contributed by atoms with Gasteiger partial charge in [0.1, 0.15) is 0 Å². The highest BCUT2D eigenvalue weighted by Crippen LogP contribution is 2.26. The highest BCUT2D eigenvalue weighted by molar-refractivity contribution is 5.77. The van der Waals surface area contributed by atoms with Crippen LogP contribution in [0.4, 0.5) is 0 Å². The van der Waals surface area contributed by atoms with Gasteiger partial charge in [-0.25, -0.2) is 14.4 Å². The minimum absolute atomic E-state index is 0.0491. The Labute approximate surface area is 238 Å². The molecule has 0 saturated heterocycles. The Morgan fingerprint density at radius 3 is 1.08 bits per heavy atom. The summed E-state index contributed by atoms with van der Waals surface area (Å²) in [6.07, 6.45) is 28.4. The molecule has 0 aromatic heterocycles. The first-order valence-corrected chi connectivity index (χ1v) is 15.8. The lowest BCUT2D eigenvalue weighted by Crippen LogP contribution is -2.70. The average Bonchev–Trinajstić information content (AvgIpc) is 2.90. The first kappa shape index (κ1) is 37.1. The summed E-state index contributed by atoms with van der Waals surface area (Å²) in [6, 6.07) is -3.51. The summed E-state index contributed by atoms with van der Waals surface area (Å²) in [5.41, 5.74) is 0. The fourth-order valence-electron chi connectivity index (χ4n) is 5.64. The Hall–Kier alpha value is -1.89. The van der Waals surface area contributed by atoms with E-state index in [9.17, 15) is 29.7 Å². The topological polar surface area (TPSA) is 112 Å². The maximum absolute atomic E-state index is 11.8. The quantitative estimate of drug-likeness (QED) is 0.0536. The molecular formula is C32H60NO6+. The van der Waals surface area contributed by atoms with Gasteiger partial charge in [-0.15, -0.1) is 0 Å². The molecule has 228 valence electrons. The van der Waals surface area contributed by atoms with Crippen molar-refractivity contribution < 1.29 is 34.2 Å². The number of hydrogen-bond acceptors (Lipinski definition) is 3. The fraction of sp³-hybridized carbons (Fsp3) is 0.844. The lowest BCUT2D eigenvalue weighted by Gasteiger charge is -2.46. The van der Waals surface area contributed by atoms with Gasteiger partial charge in [0, 0.05) is 0 Å². The number of quaternary nitrogens is 1. The third-order valence-corrected chi connectivity index (χ3v) is 8.55. The maximum atomic E-state index is 11.8. The number of carbonyl (C=O) groups is 3. The number of carboxylic acid groups (broad SMARTS) is 3. The maximum Gasteiger partial charge on any atom is 0.362 e. The van der Waals surface area contributed by atoms with Gasteiger partial charge in [-0.05, 0) is 39.7 Å². The summed E-state index contributed by atoms with van der Waals surface area (Å²) in [5.74, 6) is -3.60. The van der Waals surface area contributed by atoms with Gasteiger partial charge in [0.2, 0.25) is 0 Å². The molecule has 0 aliphatic heterocycles. The number of hydrogen-bond donors (Lipinski definition) is 3. The zero-order valence-electron chi connectivity index (χ0n) is 25.5. The normalized spacial score (nSPS) is 15.6. The van der Waals surface area contributed by atoms with Gasteiger partial charge in [0.25, 0.3) is 0 Å². The van der Waals surface area contributed by atoms with Gasteiger partial charge >= 0.3 is 17.9 Å². The van der Waals surface area contributed by atoms with Crippen molar-refractivity contribution in [3.05, 3.63) is 12.2 Å². The van der Waals surface area contributed by atoms with E-state index < -0.39 is 40.5 Å². The van der Waals surface area contributed by atoms with Crippen LogP contribution in [0.1, 0.15) is 150 Å². The van der Waals surface area contributed by atoms with Crippen molar-refractivity contribution in [2.24, 2.45) is 0 Å². The van der Waals surface area contributed by atoms with E-state index in [-0.39, 0.29) is 6.54 Å². The number of unbranched alkanes of at least 4 members (excludes halogenated alkanes) is 18. The third-order valence-electron chi connectivity index (χ3n) is 8.55. The monoisotopic (exact) mass is 554 g/mol. The van der Waals surface area contributed by atoms with Crippen molar-refractivity contribution in [1.82, 2.24) is 0 Å². The molecule has 0 aromatic rings. The highest BCUT2D eigenvalue weighted by Gasteiger charge is 2.52. The molecule has 0 rings (SSSR count). The lowest BCUT2D eigenvalue weighted by molar-refractivity contribution is -0.962. The Kier molecular flexibility index (Phi) is 21.8. The molecular weight excluding hydrogens is 494 g/mol. The summed E-state index contributed by atoms with van der Waals surface area (Å²) in [5, 5.41) is 28.9. The number of rotatable bonds is 27. The lowest BCUT2D eigenvalue weighted by atomic mass is 10.0. The minimum Gasteiger partial charge on any atom is -0.477 e. The minimum atomic E-state index is -1.20. The Morgan fingerprint density at radius 2 is 0.795 bits per heavy atom. The molecule has 7 nitrogen and oxygen atoms in total. The second-order valence-corrected chi connectivity index (χ2v) is 11.5. The summed E-state index contributed by atoms with van der Waals surface area (Å²) < 4.78 is -0.560. The van der Waals surface area contributed by atoms with E-state index in [1.165, 1.54) is 124 Å². The van der Waals surface area contributed by atoms with Crippen LogP contribution in [0, 0.1) is 0 Å². The van der Waals surface area contributed by atoms with E-state index in [4.69, 9.17) is 0 Å². The summed E-state index contributed by atoms with van der Waals surface area (Å²) in [6.45, 7) is 6.50. The summed E-state index contributed by atoms with van der Waals surface area (Å²) in [4.78, 5) is 35.4. The van der Waals surface area contributed by atoms with Crippen LogP contribution in [0.25, 0.3) is 0 Å². The molecule has 0 aromatic carbocycles. The van der Waals surface area contributed by atoms with Gasteiger partial charge in [-0.2, -0.15) is 0 Å². The van der Waals surface area contributed by atoms with E-state index in [0.29, 0.717) is 0 Å². The van der Waals surface area contributed by atoms with Gasteiger partial charge in [0.15, 0.2) is 18.1 Å². The van der Waals surface area contributed by atoms with Crippen LogP contribution in [0.15, 0.2) is 12.2 Å². The van der Waals surface area contributed by atoms with E-state index in [2.05, 4.69) is 6.92 Å². The van der Waals surface area contributed by atoms with Gasteiger partial charge in [0.05, 0.1) is 6.54 Å². The summed E-state index contributed by atoms with van der Waals surface area (Å²) in [7, 11) is 0. The zero-order chi connectivity index (χ0) is 29.5.